The average molecular weight is 345 g/mol. The van der Waals surface area contributed by atoms with E-state index in [2.05, 4.69) is 15.0 Å². The first kappa shape index (κ1) is 16.9. The molecule has 9 heteroatoms. The van der Waals surface area contributed by atoms with E-state index >= 15 is 0 Å². The van der Waals surface area contributed by atoms with E-state index in [4.69, 9.17) is 4.74 Å². The summed E-state index contributed by atoms with van der Waals surface area (Å²) in [6.07, 6.45) is 1.34. The van der Waals surface area contributed by atoms with Gasteiger partial charge in [-0.25, -0.2) is 9.78 Å². The Labute approximate surface area is 143 Å². The van der Waals surface area contributed by atoms with E-state index in [1.807, 2.05) is 11.9 Å². The molecule has 0 radical (unpaired) electrons. The van der Waals surface area contributed by atoms with Crippen molar-refractivity contribution in [3.8, 4) is 5.88 Å². The molecule has 2 N–H and O–H groups in total. The first-order valence-corrected chi connectivity index (χ1v) is 8.02. The third-order valence-corrected chi connectivity index (χ3v) is 3.89. The van der Waals surface area contributed by atoms with Crippen LogP contribution in [0, 0.1) is 13.8 Å². The van der Waals surface area contributed by atoms with E-state index in [0.29, 0.717) is 24.8 Å². The summed E-state index contributed by atoms with van der Waals surface area (Å²) in [5, 5.41) is 0. The summed E-state index contributed by atoms with van der Waals surface area (Å²) in [4.78, 5) is 49.7. The van der Waals surface area contributed by atoms with Crippen molar-refractivity contribution in [3.05, 3.63) is 50.2 Å². The zero-order valence-corrected chi connectivity index (χ0v) is 14.0. The second kappa shape index (κ2) is 6.88. The topological polar surface area (TPSA) is 121 Å². The Hall–Kier alpha value is -2.97. The minimum atomic E-state index is -0.701. The fourth-order valence-corrected chi connectivity index (χ4v) is 2.89. The van der Waals surface area contributed by atoms with Crippen LogP contribution in [0.3, 0.4) is 0 Å². The number of carbonyl (C=O) groups excluding carboxylic acids is 1. The number of aryl methyl sites for hydroxylation is 2. The van der Waals surface area contributed by atoms with Crippen LogP contribution in [0.4, 0.5) is 0 Å². The quantitative estimate of drug-likeness (QED) is 0.817. The highest BCUT2D eigenvalue weighted by molar-refractivity contribution is 5.92. The molecule has 2 aromatic heterocycles. The number of amides is 1. The number of rotatable bonds is 3. The van der Waals surface area contributed by atoms with Gasteiger partial charge in [0.25, 0.3) is 11.5 Å². The molecule has 1 fully saturated rings. The standard InChI is InChI=1S/C16H19N5O4/c1-9-6-14(18-10(2)17-9)25-11-4-3-5-21(8-11)15(23)12-7-13(22)20-16(24)19-12/h6-7,11H,3-5,8H2,1-2H3,(H2,19,20,22,24). The van der Waals surface area contributed by atoms with Crippen LogP contribution in [-0.2, 0) is 0 Å². The van der Waals surface area contributed by atoms with Crippen LogP contribution in [0.15, 0.2) is 21.7 Å². The summed E-state index contributed by atoms with van der Waals surface area (Å²) in [7, 11) is 0. The fourth-order valence-electron chi connectivity index (χ4n) is 2.89. The van der Waals surface area contributed by atoms with Gasteiger partial charge in [0, 0.05) is 24.4 Å². The molecule has 0 bridgehead atoms. The second-order valence-electron chi connectivity index (χ2n) is 6.03. The monoisotopic (exact) mass is 345 g/mol. The first-order chi connectivity index (χ1) is 11.9. The van der Waals surface area contributed by atoms with Crippen molar-refractivity contribution in [2.45, 2.75) is 32.8 Å². The molecular formula is C16H19N5O4. The van der Waals surface area contributed by atoms with E-state index in [0.717, 1.165) is 24.6 Å². The maximum Gasteiger partial charge on any atom is 0.326 e. The molecule has 1 unspecified atom stereocenters. The largest absolute Gasteiger partial charge is 0.472 e. The third-order valence-electron chi connectivity index (χ3n) is 3.89. The van der Waals surface area contributed by atoms with Crippen LogP contribution in [-0.4, -0.2) is 49.9 Å². The summed E-state index contributed by atoms with van der Waals surface area (Å²) in [6, 6.07) is 2.84. The number of carbonyl (C=O) groups is 1. The van der Waals surface area contributed by atoms with Crippen molar-refractivity contribution in [1.29, 1.82) is 0 Å². The Balaban J connectivity index is 1.73. The average Bonchev–Trinajstić information content (AvgIpc) is 2.52. The zero-order valence-electron chi connectivity index (χ0n) is 14.0. The van der Waals surface area contributed by atoms with Crippen LogP contribution >= 0.6 is 0 Å². The first-order valence-electron chi connectivity index (χ1n) is 8.02. The van der Waals surface area contributed by atoms with Crippen LogP contribution in [0.25, 0.3) is 0 Å². The number of hydrogen-bond donors (Lipinski definition) is 2. The predicted octanol–water partition coefficient (Wildman–Crippen LogP) is 0.154. The van der Waals surface area contributed by atoms with Crippen LogP contribution in [0.5, 0.6) is 5.88 Å². The van der Waals surface area contributed by atoms with Crippen molar-refractivity contribution in [2.75, 3.05) is 13.1 Å². The van der Waals surface area contributed by atoms with Crippen molar-refractivity contribution < 1.29 is 9.53 Å². The molecule has 0 saturated carbocycles. The number of piperidine rings is 1. The van der Waals surface area contributed by atoms with E-state index < -0.39 is 17.2 Å². The van der Waals surface area contributed by atoms with Gasteiger partial charge in [-0.05, 0) is 26.7 Å². The Bertz CT molecular complexity index is 855. The van der Waals surface area contributed by atoms with Gasteiger partial charge in [-0.1, -0.05) is 0 Å². The van der Waals surface area contributed by atoms with E-state index in [-0.39, 0.29) is 11.8 Å². The van der Waals surface area contributed by atoms with Gasteiger partial charge in [0.2, 0.25) is 5.88 Å². The van der Waals surface area contributed by atoms with Gasteiger partial charge in [0.1, 0.15) is 17.6 Å². The van der Waals surface area contributed by atoms with Gasteiger partial charge >= 0.3 is 5.69 Å². The molecule has 1 atom stereocenters. The molecular weight excluding hydrogens is 326 g/mol. The fraction of sp³-hybridized carbons (Fsp3) is 0.438. The molecule has 25 heavy (non-hydrogen) atoms. The Morgan fingerprint density at radius 2 is 2.04 bits per heavy atom. The highest BCUT2D eigenvalue weighted by Gasteiger charge is 2.26. The number of H-pyrrole nitrogens is 2. The lowest BCUT2D eigenvalue weighted by Crippen LogP contribution is -2.45. The van der Waals surface area contributed by atoms with Crippen molar-refractivity contribution in [1.82, 2.24) is 24.8 Å². The third kappa shape index (κ3) is 4.11. The van der Waals surface area contributed by atoms with Crippen molar-refractivity contribution >= 4 is 5.91 Å². The van der Waals surface area contributed by atoms with Crippen molar-refractivity contribution in [3.63, 3.8) is 0 Å². The van der Waals surface area contributed by atoms with Gasteiger partial charge in [-0.2, -0.15) is 4.98 Å². The highest BCUT2D eigenvalue weighted by atomic mass is 16.5. The molecule has 1 saturated heterocycles. The van der Waals surface area contributed by atoms with Crippen LogP contribution in [0.1, 0.15) is 34.8 Å². The Morgan fingerprint density at radius 3 is 2.76 bits per heavy atom. The number of hydrogen-bond acceptors (Lipinski definition) is 6. The SMILES string of the molecule is Cc1cc(OC2CCCN(C(=O)c3cc(=O)[nH]c(=O)[nH]3)C2)nc(C)n1. The van der Waals surface area contributed by atoms with Gasteiger partial charge in [-0.3, -0.25) is 14.6 Å². The lowest BCUT2D eigenvalue weighted by molar-refractivity contribution is 0.0521. The summed E-state index contributed by atoms with van der Waals surface area (Å²) in [5.74, 6) is 0.709. The molecule has 1 aliphatic heterocycles. The van der Waals surface area contributed by atoms with Crippen LogP contribution in [0.2, 0.25) is 0 Å². The number of aromatic nitrogens is 4. The van der Waals surface area contributed by atoms with E-state index in [9.17, 15) is 14.4 Å². The lowest BCUT2D eigenvalue weighted by Gasteiger charge is -2.32. The summed E-state index contributed by atoms with van der Waals surface area (Å²) < 4.78 is 5.90. The van der Waals surface area contributed by atoms with E-state index in [1.54, 1.807) is 17.9 Å². The van der Waals surface area contributed by atoms with Gasteiger partial charge < -0.3 is 14.6 Å². The zero-order chi connectivity index (χ0) is 18.0. The molecule has 2 aromatic rings. The lowest BCUT2D eigenvalue weighted by atomic mass is 10.1. The Kier molecular flexibility index (Phi) is 4.64. The van der Waals surface area contributed by atoms with E-state index in [1.165, 1.54) is 0 Å². The molecule has 1 aliphatic rings. The number of likely N-dealkylation sites (tertiary alicyclic amines) is 1. The maximum absolute atomic E-state index is 12.5. The molecule has 0 aliphatic carbocycles. The summed E-state index contributed by atoms with van der Waals surface area (Å²) in [5.41, 5.74) is -0.521. The summed E-state index contributed by atoms with van der Waals surface area (Å²) in [6.45, 7) is 4.55. The molecule has 9 nitrogen and oxygen atoms in total. The minimum absolute atomic E-state index is 0.0249. The normalized spacial score (nSPS) is 17.4. The molecule has 132 valence electrons. The number of nitrogens with one attached hydrogen (secondary N) is 2. The number of nitrogens with zero attached hydrogens (tertiary/aromatic N) is 3. The highest BCUT2D eigenvalue weighted by Crippen LogP contribution is 2.18. The van der Waals surface area contributed by atoms with Gasteiger partial charge in [-0.15, -0.1) is 0 Å². The number of ether oxygens (including phenoxy) is 1. The molecule has 3 heterocycles. The second-order valence-corrected chi connectivity index (χ2v) is 6.03. The Morgan fingerprint density at radius 1 is 1.24 bits per heavy atom. The molecule has 3 rings (SSSR count). The molecule has 1 amide bonds. The molecule has 0 aromatic carbocycles. The minimum Gasteiger partial charge on any atom is -0.472 e. The van der Waals surface area contributed by atoms with Crippen molar-refractivity contribution in [2.24, 2.45) is 0 Å². The summed E-state index contributed by atoms with van der Waals surface area (Å²) >= 11 is 0. The predicted molar refractivity (Wildman–Crippen MR) is 88.7 cm³/mol. The van der Waals surface area contributed by atoms with Gasteiger partial charge in [0.15, 0.2) is 0 Å². The van der Waals surface area contributed by atoms with Crippen LogP contribution < -0.4 is 16.0 Å². The smallest absolute Gasteiger partial charge is 0.326 e. The maximum atomic E-state index is 12.5. The van der Waals surface area contributed by atoms with Gasteiger partial charge in [0.05, 0.1) is 6.54 Å². The number of aromatic amines is 2. The molecule has 0 spiro atoms.